The van der Waals surface area contributed by atoms with Crippen molar-refractivity contribution in [3.8, 4) is 0 Å². The van der Waals surface area contributed by atoms with Crippen LogP contribution in [-0.4, -0.2) is 23.9 Å². The molecular formula is C6H9N3O5. The van der Waals surface area contributed by atoms with Crippen LogP contribution in [0, 0.1) is 0 Å². The lowest BCUT2D eigenvalue weighted by Gasteiger charge is -2.06. The van der Waals surface area contributed by atoms with Gasteiger partial charge in [0.2, 0.25) is 0 Å². The number of aliphatic hydroxyl groups is 2. The van der Waals surface area contributed by atoms with Gasteiger partial charge in [-0.2, -0.15) is 0 Å². The van der Waals surface area contributed by atoms with Crippen LogP contribution in [0.2, 0.25) is 0 Å². The molecule has 0 radical (unpaired) electrons. The lowest BCUT2D eigenvalue weighted by molar-refractivity contribution is 0.163. The monoisotopic (exact) mass is 203 g/mol. The molecule has 0 bridgehead atoms. The molecule has 0 atom stereocenters. The third-order valence-electron chi connectivity index (χ3n) is 1.78. The van der Waals surface area contributed by atoms with Gasteiger partial charge in [0.15, 0.2) is 0 Å². The summed E-state index contributed by atoms with van der Waals surface area (Å²) < 4.78 is 1.48. The second-order valence-electron chi connectivity index (χ2n) is 2.55. The summed E-state index contributed by atoms with van der Waals surface area (Å²) in [6.07, 6.45) is 0. The van der Waals surface area contributed by atoms with Crippen LogP contribution < -0.4 is 17.1 Å². The van der Waals surface area contributed by atoms with Gasteiger partial charge in [-0.15, -0.1) is 0 Å². The first-order valence-electron chi connectivity index (χ1n) is 3.67. The molecule has 0 aliphatic heterocycles. The fraction of sp³-hybridized carbons (Fsp3) is 0.500. The molecule has 8 nitrogen and oxygen atoms in total. The highest BCUT2D eigenvalue weighted by molar-refractivity contribution is 4.75. The van der Waals surface area contributed by atoms with Gasteiger partial charge in [0.1, 0.15) is 13.5 Å². The summed E-state index contributed by atoms with van der Waals surface area (Å²) in [5, 5.41) is 17.4. The molecule has 0 saturated heterocycles. The Morgan fingerprint density at radius 2 is 1.29 bits per heavy atom. The Balaban J connectivity index is 3.84. The number of aliphatic hydroxyl groups excluding tert-OH is 2. The highest BCUT2D eigenvalue weighted by atomic mass is 16.3. The number of rotatable bonds is 2. The summed E-state index contributed by atoms with van der Waals surface area (Å²) in [7, 11) is 1.14. The zero-order valence-electron chi connectivity index (χ0n) is 7.38. The van der Waals surface area contributed by atoms with Crippen molar-refractivity contribution in [1.29, 1.82) is 0 Å². The largest absolute Gasteiger partial charge is 0.376 e. The molecule has 1 heterocycles. The molecule has 0 fully saturated rings. The highest BCUT2D eigenvalue weighted by Crippen LogP contribution is 1.68. The van der Waals surface area contributed by atoms with Gasteiger partial charge in [-0.25, -0.2) is 28.1 Å². The second kappa shape index (κ2) is 3.60. The summed E-state index contributed by atoms with van der Waals surface area (Å²) >= 11 is 0. The van der Waals surface area contributed by atoms with Gasteiger partial charge in [-0.05, 0) is 0 Å². The first-order valence-corrected chi connectivity index (χ1v) is 3.67. The predicted octanol–water partition coefficient (Wildman–Crippen LogP) is -3.39. The molecule has 1 aromatic heterocycles. The average molecular weight is 203 g/mol. The molecule has 0 aromatic carbocycles. The van der Waals surface area contributed by atoms with E-state index in [0.717, 1.165) is 7.05 Å². The maximum Gasteiger partial charge on any atom is 0.340 e. The zero-order chi connectivity index (χ0) is 10.9. The fourth-order valence-corrected chi connectivity index (χ4v) is 0.995. The van der Waals surface area contributed by atoms with Crippen molar-refractivity contribution in [2.45, 2.75) is 13.5 Å². The molecule has 0 aliphatic carbocycles. The molecular weight excluding hydrogens is 194 g/mol. The van der Waals surface area contributed by atoms with Gasteiger partial charge >= 0.3 is 17.1 Å². The van der Waals surface area contributed by atoms with E-state index >= 15 is 0 Å². The SMILES string of the molecule is Cn1c(=O)n(CO)c(=O)n(CO)c1=O. The average Bonchev–Trinajstić information content (AvgIpc) is 2.16. The van der Waals surface area contributed by atoms with Crippen molar-refractivity contribution >= 4 is 0 Å². The van der Waals surface area contributed by atoms with Crippen molar-refractivity contribution < 1.29 is 10.2 Å². The lowest BCUT2D eigenvalue weighted by atomic mass is 10.8. The molecule has 1 rings (SSSR count). The second-order valence-corrected chi connectivity index (χ2v) is 2.55. The minimum Gasteiger partial charge on any atom is -0.376 e. The smallest absolute Gasteiger partial charge is 0.340 e. The Kier molecular flexibility index (Phi) is 2.68. The summed E-state index contributed by atoms with van der Waals surface area (Å²) in [4.78, 5) is 33.6. The Hall–Kier alpha value is -1.67. The number of aromatic nitrogens is 3. The summed E-state index contributed by atoms with van der Waals surface area (Å²) in [5.41, 5.74) is -2.89. The van der Waals surface area contributed by atoms with E-state index < -0.39 is 30.5 Å². The Morgan fingerprint density at radius 1 is 0.929 bits per heavy atom. The van der Waals surface area contributed by atoms with Crippen LogP contribution >= 0.6 is 0 Å². The number of hydrogen-bond acceptors (Lipinski definition) is 5. The standard InChI is InChI=1S/C6H9N3O5/c1-7-4(12)8(2-10)6(14)9(3-11)5(7)13/h10-11H,2-3H2,1H3. The predicted molar refractivity (Wildman–Crippen MR) is 44.6 cm³/mol. The van der Waals surface area contributed by atoms with Crippen LogP contribution in [-0.2, 0) is 20.5 Å². The molecule has 0 aliphatic rings. The van der Waals surface area contributed by atoms with Gasteiger partial charge in [-0.3, -0.25) is 0 Å². The van der Waals surface area contributed by atoms with Crippen LogP contribution in [0.25, 0.3) is 0 Å². The number of nitrogens with zero attached hydrogens (tertiary/aromatic N) is 3. The minimum absolute atomic E-state index is 0.428. The van der Waals surface area contributed by atoms with E-state index in [-0.39, 0.29) is 0 Å². The third kappa shape index (κ3) is 1.30. The zero-order valence-corrected chi connectivity index (χ0v) is 7.38. The first-order chi connectivity index (χ1) is 6.54. The normalized spacial score (nSPS) is 10.5. The maximum atomic E-state index is 11.2. The minimum atomic E-state index is -1.04. The van der Waals surface area contributed by atoms with Crippen LogP contribution in [0.3, 0.4) is 0 Å². The van der Waals surface area contributed by atoms with E-state index in [2.05, 4.69) is 0 Å². The molecule has 2 N–H and O–H groups in total. The first kappa shape index (κ1) is 10.4. The molecule has 0 unspecified atom stereocenters. The Labute approximate surface area is 76.9 Å². The molecule has 1 aromatic rings. The molecule has 8 heteroatoms. The summed E-state index contributed by atoms with van der Waals surface area (Å²) in [6, 6.07) is 0. The van der Waals surface area contributed by atoms with E-state index in [0.29, 0.717) is 13.7 Å². The molecule has 78 valence electrons. The summed E-state index contributed by atoms with van der Waals surface area (Å²) in [5.74, 6) is 0. The van der Waals surface area contributed by atoms with Crippen molar-refractivity contribution in [2.24, 2.45) is 7.05 Å². The van der Waals surface area contributed by atoms with Crippen molar-refractivity contribution in [2.75, 3.05) is 0 Å². The van der Waals surface area contributed by atoms with Gasteiger partial charge in [0, 0.05) is 7.05 Å². The van der Waals surface area contributed by atoms with Gasteiger partial charge in [0.25, 0.3) is 0 Å². The van der Waals surface area contributed by atoms with E-state index in [1.54, 1.807) is 0 Å². The van der Waals surface area contributed by atoms with Gasteiger partial charge in [-0.1, -0.05) is 0 Å². The Bertz CT molecular complexity index is 465. The lowest BCUT2D eigenvalue weighted by Crippen LogP contribution is -2.53. The number of hydrogen-bond donors (Lipinski definition) is 2. The van der Waals surface area contributed by atoms with Crippen molar-refractivity contribution in [3.63, 3.8) is 0 Å². The summed E-state index contributed by atoms with van der Waals surface area (Å²) in [6.45, 7) is -1.68. The van der Waals surface area contributed by atoms with E-state index in [4.69, 9.17) is 10.2 Å². The highest BCUT2D eigenvalue weighted by Gasteiger charge is 2.10. The molecule has 14 heavy (non-hydrogen) atoms. The van der Waals surface area contributed by atoms with Gasteiger partial charge in [0.05, 0.1) is 0 Å². The van der Waals surface area contributed by atoms with Gasteiger partial charge < -0.3 is 10.2 Å². The van der Waals surface area contributed by atoms with E-state index in [1.807, 2.05) is 0 Å². The fourth-order valence-electron chi connectivity index (χ4n) is 0.995. The van der Waals surface area contributed by atoms with Crippen LogP contribution in [0.5, 0.6) is 0 Å². The van der Waals surface area contributed by atoms with Crippen molar-refractivity contribution in [3.05, 3.63) is 31.5 Å². The molecule has 0 spiro atoms. The van der Waals surface area contributed by atoms with E-state index in [1.165, 1.54) is 0 Å². The Morgan fingerprint density at radius 3 is 1.57 bits per heavy atom. The van der Waals surface area contributed by atoms with E-state index in [9.17, 15) is 14.4 Å². The molecule has 0 amide bonds. The topological polar surface area (TPSA) is 106 Å². The van der Waals surface area contributed by atoms with Crippen LogP contribution in [0.1, 0.15) is 0 Å². The maximum absolute atomic E-state index is 11.2. The molecule has 0 saturated carbocycles. The quantitative estimate of drug-likeness (QED) is 0.521. The van der Waals surface area contributed by atoms with Crippen molar-refractivity contribution in [1.82, 2.24) is 13.7 Å². The van der Waals surface area contributed by atoms with Crippen LogP contribution in [0.15, 0.2) is 14.4 Å². The van der Waals surface area contributed by atoms with Crippen LogP contribution in [0.4, 0.5) is 0 Å². The third-order valence-corrected chi connectivity index (χ3v) is 1.78.